The van der Waals surface area contributed by atoms with E-state index in [-0.39, 0.29) is 0 Å². The number of furan rings is 1. The van der Waals surface area contributed by atoms with Crippen LogP contribution >= 0.6 is 0 Å². The topological polar surface area (TPSA) is 49.4 Å². The fraction of sp³-hybridized carbons (Fsp3) is 0.190. The standard InChI is InChI=1S/C21H20N2O3/c1-24-14-17-9-11-20(26-17)21-18-10-8-16(25-2)12-19(18)23(22-21)13-15-6-4-3-5-7-15/h3-12H,13-14H2,1-2H3. The van der Waals surface area contributed by atoms with Gasteiger partial charge in [-0.1, -0.05) is 30.3 Å². The number of ether oxygens (including phenoxy) is 2. The van der Waals surface area contributed by atoms with Crippen LogP contribution in [0.15, 0.2) is 65.1 Å². The number of aromatic nitrogens is 2. The number of hydrogen-bond donors (Lipinski definition) is 0. The van der Waals surface area contributed by atoms with E-state index in [0.29, 0.717) is 13.2 Å². The molecule has 0 aliphatic carbocycles. The maximum absolute atomic E-state index is 5.91. The lowest BCUT2D eigenvalue weighted by Crippen LogP contribution is -2.01. The van der Waals surface area contributed by atoms with Crippen LogP contribution in [0.5, 0.6) is 5.75 Å². The van der Waals surface area contributed by atoms with Crippen molar-refractivity contribution in [3.05, 3.63) is 72.0 Å². The van der Waals surface area contributed by atoms with Gasteiger partial charge in [0.2, 0.25) is 0 Å². The van der Waals surface area contributed by atoms with Crippen LogP contribution in [0.1, 0.15) is 11.3 Å². The van der Waals surface area contributed by atoms with Gasteiger partial charge in [0.25, 0.3) is 0 Å². The lowest BCUT2D eigenvalue weighted by Gasteiger charge is -2.05. The third kappa shape index (κ3) is 3.09. The van der Waals surface area contributed by atoms with E-state index in [1.165, 1.54) is 5.56 Å². The van der Waals surface area contributed by atoms with E-state index in [0.717, 1.165) is 33.9 Å². The Morgan fingerprint density at radius 1 is 1.00 bits per heavy atom. The Morgan fingerprint density at radius 3 is 2.62 bits per heavy atom. The van der Waals surface area contributed by atoms with Gasteiger partial charge in [0.15, 0.2) is 5.76 Å². The smallest absolute Gasteiger partial charge is 0.155 e. The summed E-state index contributed by atoms with van der Waals surface area (Å²) in [4.78, 5) is 0. The van der Waals surface area contributed by atoms with Crippen molar-refractivity contribution in [2.45, 2.75) is 13.2 Å². The van der Waals surface area contributed by atoms with E-state index < -0.39 is 0 Å². The third-order valence-electron chi connectivity index (χ3n) is 4.32. The molecular formula is C21H20N2O3. The average molecular weight is 348 g/mol. The normalized spacial score (nSPS) is 11.2. The van der Waals surface area contributed by atoms with Gasteiger partial charge in [0.05, 0.1) is 19.2 Å². The molecule has 0 spiro atoms. The molecule has 0 amide bonds. The zero-order valence-corrected chi connectivity index (χ0v) is 14.8. The van der Waals surface area contributed by atoms with Gasteiger partial charge in [0, 0.05) is 18.6 Å². The van der Waals surface area contributed by atoms with Crippen LogP contribution in [0.2, 0.25) is 0 Å². The zero-order chi connectivity index (χ0) is 17.9. The van der Waals surface area contributed by atoms with Gasteiger partial charge in [-0.05, 0) is 29.8 Å². The summed E-state index contributed by atoms with van der Waals surface area (Å²) in [5.41, 5.74) is 3.01. The van der Waals surface area contributed by atoms with Crippen molar-refractivity contribution in [2.24, 2.45) is 0 Å². The molecule has 2 aromatic carbocycles. The second kappa shape index (κ2) is 7.06. The highest BCUT2D eigenvalue weighted by atomic mass is 16.5. The Hall–Kier alpha value is -3.05. The van der Waals surface area contributed by atoms with Gasteiger partial charge in [-0.25, -0.2) is 0 Å². The number of benzene rings is 2. The van der Waals surface area contributed by atoms with Crippen molar-refractivity contribution in [2.75, 3.05) is 14.2 Å². The number of fused-ring (bicyclic) bond motifs is 1. The summed E-state index contributed by atoms with van der Waals surface area (Å²) in [5.74, 6) is 2.32. The Kier molecular flexibility index (Phi) is 4.46. The van der Waals surface area contributed by atoms with E-state index in [1.54, 1.807) is 14.2 Å². The predicted molar refractivity (Wildman–Crippen MR) is 100 cm³/mol. The fourth-order valence-electron chi connectivity index (χ4n) is 3.06. The lowest BCUT2D eigenvalue weighted by molar-refractivity contribution is 0.165. The maximum atomic E-state index is 5.91. The molecule has 0 aliphatic heterocycles. The fourth-order valence-corrected chi connectivity index (χ4v) is 3.06. The van der Waals surface area contributed by atoms with Crippen LogP contribution in [0.3, 0.4) is 0 Å². The molecule has 0 bridgehead atoms. The van der Waals surface area contributed by atoms with Crippen molar-refractivity contribution in [3.8, 4) is 17.2 Å². The first-order valence-electron chi connectivity index (χ1n) is 8.45. The molecule has 0 atom stereocenters. The van der Waals surface area contributed by atoms with Crippen LogP contribution in [0, 0.1) is 0 Å². The number of rotatable bonds is 6. The number of methoxy groups -OCH3 is 2. The minimum atomic E-state index is 0.441. The zero-order valence-electron chi connectivity index (χ0n) is 14.8. The molecule has 0 saturated carbocycles. The molecule has 0 aliphatic rings. The summed E-state index contributed by atoms with van der Waals surface area (Å²) < 4.78 is 18.4. The van der Waals surface area contributed by atoms with Crippen molar-refractivity contribution in [1.82, 2.24) is 9.78 Å². The highest BCUT2D eigenvalue weighted by molar-refractivity contribution is 5.93. The molecule has 2 heterocycles. The second-order valence-electron chi connectivity index (χ2n) is 6.07. The molecule has 0 unspecified atom stereocenters. The van der Waals surface area contributed by atoms with Crippen molar-refractivity contribution in [3.63, 3.8) is 0 Å². The molecule has 5 nitrogen and oxygen atoms in total. The second-order valence-corrected chi connectivity index (χ2v) is 6.07. The van der Waals surface area contributed by atoms with E-state index in [4.69, 9.17) is 19.0 Å². The van der Waals surface area contributed by atoms with Gasteiger partial charge in [-0.2, -0.15) is 5.10 Å². The van der Waals surface area contributed by atoms with Crippen LogP contribution in [0.4, 0.5) is 0 Å². The molecule has 4 rings (SSSR count). The van der Waals surface area contributed by atoms with Crippen LogP contribution < -0.4 is 4.74 Å². The van der Waals surface area contributed by atoms with Gasteiger partial charge in [-0.15, -0.1) is 0 Å². The number of nitrogens with zero attached hydrogens (tertiary/aromatic N) is 2. The van der Waals surface area contributed by atoms with E-state index in [9.17, 15) is 0 Å². The van der Waals surface area contributed by atoms with Crippen molar-refractivity contribution < 1.29 is 13.9 Å². The molecule has 5 heteroatoms. The Bertz CT molecular complexity index is 1020. The summed E-state index contributed by atoms with van der Waals surface area (Å²) in [6, 6.07) is 20.1. The van der Waals surface area contributed by atoms with Crippen LogP contribution in [0.25, 0.3) is 22.4 Å². The molecule has 4 aromatic rings. The predicted octanol–water partition coefficient (Wildman–Crippen LogP) is 4.50. The Morgan fingerprint density at radius 2 is 1.85 bits per heavy atom. The molecule has 132 valence electrons. The largest absolute Gasteiger partial charge is 0.497 e. The molecule has 0 saturated heterocycles. The highest BCUT2D eigenvalue weighted by Crippen LogP contribution is 2.32. The average Bonchev–Trinajstić information content (AvgIpc) is 3.27. The van der Waals surface area contributed by atoms with Crippen molar-refractivity contribution in [1.29, 1.82) is 0 Å². The molecule has 0 radical (unpaired) electrons. The van der Waals surface area contributed by atoms with Crippen LogP contribution in [-0.4, -0.2) is 24.0 Å². The molecular weight excluding hydrogens is 328 g/mol. The summed E-state index contributed by atoms with van der Waals surface area (Å²) in [5, 5.41) is 5.86. The third-order valence-corrected chi connectivity index (χ3v) is 4.32. The summed E-state index contributed by atoms with van der Waals surface area (Å²) >= 11 is 0. The highest BCUT2D eigenvalue weighted by Gasteiger charge is 2.16. The minimum absolute atomic E-state index is 0.441. The quantitative estimate of drug-likeness (QED) is 0.515. The summed E-state index contributed by atoms with van der Waals surface area (Å²) in [6.45, 7) is 1.12. The van der Waals surface area contributed by atoms with E-state index in [2.05, 4.69) is 12.1 Å². The monoisotopic (exact) mass is 348 g/mol. The summed E-state index contributed by atoms with van der Waals surface area (Å²) in [6.07, 6.45) is 0. The summed E-state index contributed by atoms with van der Waals surface area (Å²) in [7, 11) is 3.32. The van der Waals surface area contributed by atoms with E-state index >= 15 is 0 Å². The van der Waals surface area contributed by atoms with Crippen LogP contribution in [-0.2, 0) is 17.9 Å². The van der Waals surface area contributed by atoms with Gasteiger partial charge in [-0.3, -0.25) is 4.68 Å². The first-order chi connectivity index (χ1) is 12.8. The Labute approximate surface area is 151 Å². The SMILES string of the molecule is COCc1ccc(-c2nn(Cc3ccccc3)c3cc(OC)ccc23)o1. The number of hydrogen-bond acceptors (Lipinski definition) is 4. The minimum Gasteiger partial charge on any atom is -0.497 e. The Balaban J connectivity index is 1.82. The maximum Gasteiger partial charge on any atom is 0.155 e. The first kappa shape index (κ1) is 16.4. The molecule has 2 aromatic heterocycles. The van der Waals surface area contributed by atoms with Crippen molar-refractivity contribution >= 4 is 10.9 Å². The van der Waals surface area contributed by atoms with Gasteiger partial charge in [0.1, 0.15) is 23.8 Å². The van der Waals surface area contributed by atoms with Gasteiger partial charge < -0.3 is 13.9 Å². The molecule has 0 N–H and O–H groups in total. The first-order valence-corrected chi connectivity index (χ1v) is 8.45. The van der Waals surface area contributed by atoms with E-state index in [1.807, 2.05) is 53.2 Å². The lowest BCUT2D eigenvalue weighted by atomic mass is 10.1. The molecule has 0 fully saturated rings. The molecule has 26 heavy (non-hydrogen) atoms. The van der Waals surface area contributed by atoms with Gasteiger partial charge >= 0.3 is 0 Å².